The number of benzene rings is 1. The number of carbonyl (C=O) groups is 1. The fourth-order valence-corrected chi connectivity index (χ4v) is 1.38. The molecule has 0 amide bonds. The van der Waals surface area contributed by atoms with Crippen molar-refractivity contribution >= 4 is 17.4 Å². The largest absolute Gasteiger partial charge is 0.293 e. The van der Waals surface area contributed by atoms with Crippen molar-refractivity contribution in [2.75, 3.05) is 0 Å². The molecule has 0 aliphatic heterocycles. The van der Waals surface area contributed by atoms with Crippen LogP contribution in [0.1, 0.15) is 34.8 Å². The van der Waals surface area contributed by atoms with Crippen LogP contribution in [-0.2, 0) is 0 Å². The minimum atomic E-state index is -2.57. The van der Waals surface area contributed by atoms with Crippen LogP contribution in [0.3, 0.4) is 0 Å². The highest BCUT2D eigenvalue weighted by Crippen LogP contribution is 2.24. The Labute approximate surface area is 92.1 Å². The van der Waals surface area contributed by atoms with E-state index in [0.717, 1.165) is 0 Å². The van der Waals surface area contributed by atoms with Crippen molar-refractivity contribution in [1.82, 2.24) is 0 Å². The van der Waals surface area contributed by atoms with Gasteiger partial charge in [0.25, 0.3) is 6.43 Å². The van der Waals surface area contributed by atoms with E-state index in [4.69, 9.17) is 11.6 Å². The third-order valence-electron chi connectivity index (χ3n) is 2.16. The molecule has 1 aromatic rings. The number of carbonyl (C=O) groups excluding carboxylic acids is 1. The molecule has 15 heavy (non-hydrogen) atoms. The van der Waals surface area contributed by atoms with E-state index in [1.807, 2.05) is 0 Å². The Morgan fingerprint density at radius 3 is 2.47 bits per heavy atom. The van der Waals surface area contributed by atoms with Crippen molar-refractivity contribution in [3.05, 3.63) is 34.9 Å². The highest BCUT2D eigenvalue weighted by molar-refractivity contribution is 6.33. The van der Waals surface area contributed by atoms with Crippen molar-refractivity contribution in [1.29, 1.82) is 0 Å². The quantitative estimate of drug-likeness (QED) is 0.573. The lowest BCUT2D eigenvalue weighted by molar-refractivity contribution is 0.0991. The zero-order valence-corrected chi connectivity index (χ0v) is 9.18. The second-order valence-corrected chi connectivity index (χ2v) is 4.01. The van der Waals surface area contributed by atoms with Crippen LogP contribution in [0, 0.1) is 6.92 Å². The zero-order valence-electron chi connectivity index (χ0n) is 8.43. The van der Waals surface area contributed by atoms with Crippen LogP contribution >= 0.6 is 11.6 Å². The fourth-order valence-electron chi connectivity index (χ4n) is 1.26. The van der Waals surface area contributed by atoms with Gasteiger partial charge in [0.1, 0.15) is 0 Å². The molecule has 1 nitrogen and oxygen atoms in total. The standard InChI is InChI=1S/C11H11ClF2O/c1-6-3-4-8(10(15)7(2)12)5-9(6)11(13)14/h3-5,7,11H,1-2H3. The molecule has 0 N–H and O–H groups in total. The van der Waals surface area contributed by atoms with Gasteiger partial charge in [0.15, 0.2) is 5.78 Å². The summed E-state index contributed by atoms with van der Waals surface area (Å²) in [6.07, 6.45) is -2.57. The zero-order chi connectivity index (χ0) is 11.6. The molecule has 1 aromatic carbocycles. The lowest BCUT2D eigenvalue weighted by Crippen LogP contribution is -2.11. The first-order valence-corrected chi connectivity index (χ1v) is 4.94. The molecule has 0 fully saturated rings. The van der Waals surface area contributed by atoms with Crippen LogP contribution in [0.4, 0.5) is 8.78 Å². The molecule has 1 rings (SSSR count). The van der Waals surface area contributed by atoms with Crippen LogP contribution in [-0.4, -0.2) is 11.2 Å². The number of Topliss-reactive ketones (excluding diaryl/α,β-unsaturated/α-hetero) is 1. The Kier molecular flexibility index (Phi) is 3.80. The van der Waals surface area contributed by atoms with Gasteiger partial charge in [0.2, 0.25) is 0 Å². The van der Waals surface area contributed by atoms with Gasteiger partial charge in [-0.05, 0) is 25.5 Å². The van der Waals surface area contributed by atoms with Crippen molar-refractivity contribution < 1.29 is 13.6 Å². The van der Waals surface area contributed by atoms with Crippen LogP contribution in [0.5, 0.6) is 0 Å². The van der Waals surface area contributed by atoms with E-state index in [9.17, 15) is 13.6 Å². The number of hydrogen-bond acceptors (Lipinski definition) is 1. The van der Waals surface area contributed by atoms with E-state index in [2.05, 4.69) is 0 Å². The number of ketones is 1. The second-order valence-electron chi connectivity index (χ2n) is 3.35. The summed E-state index contributed by atoms with van der Waals surface area (Å²) in [5.41, 5.74) is 0.598. The average Bonchev–Trinajstić information content (AvgIpc) is 2.16. The molecule has 0 heterocycles. The molecule has 82 valence electrons. The van der Waals surface area contributed by atoms with E-state index in [-0.39, 0.29) is 16.9 Å². The molecule has 1 atom stereocenters. The highest BCUT2D eigenvalue weighted by Gasteiger charge is 2.16. The highest BCUT2D eigenvalue weighted by atomic mass is 35.5. The Bertz CT molecular complexity index is 375. The van der Waals surface area contributed by atoms with Gasteiger partial charge < -0.3 is 0 Å². The Hall–Kier alpha value is -0.960. The molecule has 0 aliphatic carbocycles. The van der Waals surface area contributed by atoms with Crippen LogP contribution < -0.4 is 0 Å². The monoisotopic (exact) mass is 232 g/mol. The maximum atomic E-state index is 12.5. The average molecular weight is 233 g/mol. The van der Waals surface area contributed by atoms with Crippen molar-refractivity contribution in [3.63, 3.8) is 0 Å². The number of aryl methyl sites for hydroxylation is 1. The van der Waals surface area contributed by atoms with Gasteiger partial charge in [-0.1, -0.05) is 12.1 Å². The summed E-state index contributed by atoms with van der Waals surface area (Å²) in [7, 11) is 0. The van der Waals surface area contributed by atoms with Gasteiger partial charge in [-0.15, -0.1) is 11.6 Å². The molecule has 0 bridgehead atoms. The molecule has 0 saturated carbocycles. The van der Waals surface area contributed by atoms with Crippen LogP contribution in [0.2, 0.25) is 0 Å². The summed E-state index contributed by atoms with van der Waals surface area (Å²) in [6.45, 7) is 3.10. The number of alkyl halides is 3. The molecule has 1 unspecified atom stereocenters. The maximum Gasteiger partial charge on any atom is 0.264 e. The Balaban J connectivity index is 3.13. The van der Waals surface area contributed by atoms with Gasteiger partial charge in [0.05, 0.1) is 5.38 Å². The Morgan fingerprint density at radius 2 is 2.00 bits per heavy atom. The fraction of sp³-hybridized carbons (Fsp3) is 0.364. The molecular formula is C11H11ClF2O. The molecule has 0 saturated heterocycles. The normalized spacial score (nSPS) is 12.9. The van der Waals surface area contributed by atoms with Gasteiger partial charge in [0, 0.05) is 11.1 Å². The van der Waals surface area contributed by atoms with Crippen LogP contribution in [0.25, 0.3) is 0 Å². The summed E-state index contributed by atoms with van der Waals surface area (Å²) >= 11 is 5.60. The SMILES string of the molecule is Cc1ccc(C(=O)C(C)Cl)cc1C(F)F. The third kappa shape index (κ3) is 2.75. The predicted molar refractivity (Wildman–Crippen MR) is 55.8 cm³/mol. The summed E-state index contributed by atoms with van der Waals surface area (Å²) in [5, 5.41) is -0.696. The summed E-state index contributed by atoms with van der Waals surface area (Å²) < 4.78 is 25.1. The third-order valence-corrected chi connectivity index (χ3v) is 2.36. The van der Waals surface area contributed by atoms with Gasteiger partial charge in [-0.2, -0.15) is 0 Å². The molecular weight excluding hydrogens is 222 g/mol. The van der Waals surface area contributed by atoms with E-state index in [0.29, 0.717) is 5.56 Å². The number of hydrogen-bond donors (Lipinski definition) is 0. The molecule has 0 spiro atoms. The van der Waals surface area contributed by atoms with Crippen molar-refractivity contribution in [2.24, 2.45) is 0 Å². The van der Waals surface area contributed by atoms with E-state index in [1.54, 1.807) is 6.92 Å². The first-order valence-electron chi connectivity index (χ1n) is 4.50. The van der Waals surface area contributed by atoms with Crippen molar-refractivity contribution in [2.45, 2.75) is 25.7 Å². The summed E-state index contributed by atoms with van der Waals surface area (Å²) in [4.78, 5) is 11.5. The lowest BCUT2D eigenvalue weighted by Gasteiger charge is -2.08. The smallest absolute Gasteiger partial charge is 0.264 e. The summed E-state index contributed by atoms with van der Waals surface area (Å²) in [5.74, 6) is -0.335. The second kappa shape index (κ2) is 4.71. The van der Waals surface area contributed by atoms with Crippen LogP contribution in [0.15, 0.2) is 18.2 Å². The maximum absolute atomic E-state index is 12.5. The van der Waals surface area contributed by atoms with Gasteiger partial charge in [-0.25, -0.2) is 8.78 Å². The van der Waals surface area contributed by atoms with E-state index >= 15 is 0 Å². The van der Waals surface area contributed by atoms with Gasteiger partial charge in [-0.3, -0.25) is 4.79 Å². The molecule has 0 aliphatic rings. The van der Waals surface area contributed by atoms with Gasteiger partial charge >= 0.3 is 0 Å². The molecule has 0 radical (unpaired) electrons. The number of halogens is 3. The molecule has 0 aromatic heterocycles. The molecule has 4 heteroatoms. The van der Waals surface area contributed by atoms with E-state index in [1.165, 1.54) is 25.1 Å². The van der Waals surface area contributed by atoms with Crippen molar-refractivity contribution in [3.8, 4) is 0 Å². The first-order chi connectivity index (χ1) is 6.93. The topological polar surface area (TPSA) is 17.1 Å². The predicted octanol–water partition coefficient (Wildman–Crippen LogP) is 3.74. The first kappa shape index (κ1) is 12.1. The lowest BCUT2D eigenvalue weighted by atomic mass is 10.0. The minimum absolute atomic E-state index is 0.113. The van der Waals surface area contributed by atoms with E-state index < -0.39 is 11.8 Å². The minimum Gasteiger partial charge on any atom is -0.293 e. The Morgan fingerprint density at radius 1 is 1.40 bits per heavy atom. The summed E-state index contributed by atoms with van der Waals surface area (Å²) in [6, 6.07) is 4.23. The number of rotatable bonds is 3.